The zero-order valence-electron chi connectivity index (χ0n) is 10.5. The molecule has 0 aromatic carbocycles. The summed E-state index contributed by atoms with van der Waals surface area (Å²) in [5.41, 5.74) is 2.55. The molecular weight excluding hydrogens is 202 g/mol. The third kappa shape index (κ3) is 3.34. The smallest absolute Gasteiger partial charge is 0.145 e. The Morgan fingerprint density at radius 3 is 2.75 bits per heavy atom. The largest absolute Gasteiger partial charge is 0.359 e. The van der Waals surface area contributed by atoms with Crippen LogP contribution in [0.2, 0.25) is 0 Å². The molecular formula is C11H21N5. The minimum absolute atomic E-state index is 0.648. The fraction of sp³-hybridized carbons (Fsp3) is 0.636. The number of hydrogen-bond donors (Lipinski definition) is 2. The minimum Gasteiger partial charge on any atom is -0.359 e. The molecule has 1 rings (SSSR count). The van der Waals surface area contributed by atoms with Crippen LogP contribution in [0, 0.1) is 12.8 Å². The van der Waals surface area contributed by atoms with E-state index in [2.05, 4.69) is 34.1 Å². The number of nitrogens with two attached hydrogens (primary N) is 1. The Kier molecular flexibility index (Phi) is 4.49. The molecule has 0 fully saturated rings. The van der Waals surface area contributed by atoms with Gasteiger partial charge in [-0.1, -0.05) is 20.3 Å². The highest BCUT2D eigenvalue weighted by atomic mass is 15.3. The van der Waals surface area contributed by atoms with Crippen LogP contribution in [-0.2, 0) is 0 Å². The second-order valence-corrected chi connectivity index (χ2v) is 4.20. The Morgan fingerprint density at radius 1 is 1.50 bits per heavy atom. The van der Waals surface area contributed by atoms with Gasteiger partial charge in [-0.3, -0.25) is 0 Å². The Labute approximate surface area is 97.0 Å². The maximum atomic E-state index is 5.36. The third-order valence-electron chi connectivity index (χ3n) is 2.65. The van der Waals surface area contributed by atoms with Crippen molar-refractivity contribution in [1.29, 1.82) is 0 Å². The first-order chi connectivity index (χ1) is 7.56. The number of nitrogens with one attached hydrogen (secondary N) is 1. The van der Waals surface area contributed by atoms with E-state index in [1.54, 1.807) is 0 Å². The van der Waals surface area contributed by atoms with Gasteiger partial charge in [0.2, 0.25) is 0 Å². The molecule has 0 bridgehead atoms. The van der Waals surface area contributed by atoms with Crippen molar-refractivity contribution in [3.05, 3.63) is 11.9 Å². The Hall–Kier alpha value is -1.36. The molecule has 0 aliphatic rings. The molecule has 0 saturated carbocycles. The fourth-order valence-electron chi connectivity index (χ4n) is 1.51. The summed E-state index contributed by atoms with van der Waals surface area (Å²) in [5.74, 6) is 8.28. The molecule has 0 aliphatic heterocycles. The molecule has 0 aliphatic carbocycles. The zero-order valence-corrected chi connectivity index (χ0v) is 10.5. The van der Waals surface area contributed by atoms with Crippen LogP contribution in [0.5, 0.6) is 0 Å². The molecule has 16 heavy (non-hydrogen) atoms. The predicted octanol–water partition coefficient (Wildman–Crippen LogP) is 1.55. The quantitative estimate of drug-likeness (QED) is 0.585. The molecule has 90 valence electrons. The predicted molar refractivity (Wildman–Crippen MR) is 67.3 cm³/mol. The monoisotopic (exact) mass is 223 g/mol. The molecule has 0 saturated heterocycles. The fourth-order valence-corrected chi connectivity index (χ4v) is 1.51. The lowest BCUT2D eigenvalue weighted by Gasteiger charge is -2.22. The van der Waals surface area contributed by atoms with Gasteiger partial charge in [0, 0.05) is 19.7 Å². The lowest BCUT2D eigenvalue weighted by molar-refractivity contribution is 0.557. The van der Waals surface area contributed by atoms with Gasteiger partial charge in [-0.2, -0.15) is 0 Å². The summed E-state index contributed by atoms with van der Waals surface area (Å²) < 4.78 is 0. The van der Waals surface area contributed by atoms with Crippen molar-refractivity contribution in [3.63, 3.8) is 0 Å². The summed E-state index contributed by atoms with van der Waals surface area (Å²) >= 11 is 0. The van der Waals surface area contributed by atoms with Gasteiger partial charge < -0.3 is 10.3 Å². The molecule has 1 aromatic heterocycles. The lowest BCUT2D eigenvalue weighted by Crippen LogP contribution is -2.25. The number of aryl methyl sites for hydroxylation is 1. The van der Waals surface area contributed by atoms with Crippen molar-refractivity contribution in [2.75, 3.05) is 23.9 Å². The number of anilines is 2. The number of aromatic nitrogens is 2. The molecule has 5 heteroatoms. The van der Waals surface area contributed by atoms with Crippen molar-refractivity contribution < 1.29 is 0 Å². The molecule has 0 amide bonds. The summed E-state index contributed by atoms with van der Waals surface area (Å²) in [7, 11) is 2.04. The molecule has 1 unspecified atom stereocenters. The lowest BCUT2D eigenvalue weighted by atomic mass is 10.1. The first-order valence-corrected chi connectivity index (χ1v) is 5.60. The second kappa shape index (κ2) is 5.65. The Morgan fingerprint density at radius 2 is 2.19 bits per heavy atom. The average Bonchev–Trinajstić information content (AvgIpc) is 2.27. The van der Waals surface area contributed by atoms with Gasteiger partial charge in [0.15, 0.2) is 0 Å². The van der Waals surface area contributed by atoms with Crippen LogP contribution in [0.25, 0.3) is 0 Å². The van der Waals surface area contributed by atoms with Gasteiger partial charge in [-0.15, -0.1) is 0 Å². The highest BCUT2D eigenvalue weighted by molar-refractivity contribution is 5.48. The molecule has 3 N–H and O–H groups in total. The SMILES string of the molecule is CCC(C)CN(C)c1cc(NN)nc(C)n1. The van der Waals surface area contributed by atoms with Crippen LogP contribution in [0.15, 0.2) is 6.07 Å². The summed E-state index contributed by atoms with van der Waals surface area (Å²) in [6.45, 7) is 7.27. The molecule has 5 nitrogen and oxygen atoms in total. The third-order valence-corrected chi connectivity index (χ3v) is 2.65. The van der Waals surface area contributed by atoms with Crippen molar-refractivity contribution in [2.24, 2.45) is 11.8 Å². The van der Waals surface area contributed by atoms with E-state index < -0.39 is 0 Å². The molecule has 1 atom stereocenters. The maximum Gasteiger partial charge on any atom is 0.145 e. The maximum absolute atomic E-state index is 5.36. The topological polar surface area (TPSA) is 67.1 Å². The van der Waals surface area contributed by atoms with Crippen molar-refractivity contribution >= 4 is 11.6 Å². The van der Waals surface area contributed by atoms with Gasteiger partial charge in [0.05, 0.1) is 0 Å². The van der Waals surface area contributed by atoms with Gasteiger partial charge >= 0.3 is 0 Å². The standard InChI is InChI=1S/C11H21N5/c1-5-8(2)7-16(4)11-6-10(15-12)13-9(3)14-11/h6,8H,5,7,12H2,1-4H3,(H,13,14,15). The summed E-state index contributed by atoms with van der Waals surface area (Å²) in [6.07, 6.45) is 1.16. The van der Waals surface area contributed by atoms with Crippen molar-refractivity contribution in [1.82, 2.24) is 9.97 Å². The van der Waals surface area contributed by atoms with Crippen LogP contribution < -0.4 is 16.2 Å². The minimum atomic E-state index is 0.648. The normalized spacial score (nSPS) is 12.3. The van der Waals surface area contributed by atoms with Crippen LogP contribution in [0.3, 0.4) is 0 Å². The summed E-state index contributed by atoms with van der Waals surface area (Å²) in [4.78, 5) is 10.7. The molecule has 1 aromatic rings. The highest BCUT2D eigenvalue weighted by Gasteiger charge is 2.08. The highest BCUT2D eigenvalue weighted by Crippen LogP contribution is 2.15. The van der Waals surface area contributed by atoms with Gasteiger partial charge in [0.1, 0.15) is 17.5 Å². The number of nitrogens with zero attached hydrogens (tertiary/aromatic N) is 3. The summed E-state index contributed by atoms with van der Waals surface area (Å²) in [6, 6.07) is 1.86. The summed E-state index contributed by atoms with van der Waals surface area (Å²) in [5, 5.41) is 0. The number of nitrogen functional groups attached to an aromatic ring is 1. The van der Waals surface area contributed by atoms with E-state index in [0.717, 1.165) is 24.6 Å². The van der Waals surface area contributed by atoms with Crippen molar-refractivity contribution in [2.45, 2.75) is 27.2 Å². The Balaban J connectivity index is 2.82. The average molecular weight is 223 g/mol. The van der Waals surface area contributed by atoms with Gasteiger partial charge in [-0.05, 0) is 12.8 Å². The number of rotatable bonds is 5. The number of hydrogen-bond acceptors (Lipinski definition) is 5. The molecule has 1 heterocycles. The Bertz CT molecular complexity index is 339. The first kappa shape index (κ1) is 12.7. The van der Waals surface area contributed by atoms with Crippen LogP contribution in [0.4, 0.5) is 11.6 Å². The van der Waals surface area contributed by atoms with E-state index in [9.17, 15) is 0 Å². The van der Waals surface area contributed by atoms with E-state index in [1.807, 2.05) is 20.0 Å². The van der Waals surface area contributed by atoms with E-state index in [0.29, 0.717) is 11.7 Å². The zero-order chi connectivity index (χ0) is 12.1. The van der Waals surface area contributed by atoms with Crippen LogP contribution in [0.1, 0.15) is 26.1 Å². The number of hydrazine groups is 1. The van der Waals surface area contributed by atoms with E-state index in [-0.39, 0.29) is 0 Å². The second-order valence-electron chi connectivity index (χ2n) is 4.20. The molecule has 0 radical (unpaired) electrons. The van der Waals surface area contributed by atoms with E-state index >= 15 is 0 Å². The van der Waals surface area contributed by atoms with Crippen LogP contribution >= 0.6 is 0 Å². The van der Waals surface area contributed by atoms with Crippen molar-refractivity contribution in [3.8, 4) is 0 Å². The van der Waals surface area contributed by atoms with Crippen LogP contribution in [-0.4, -0.2) is 23.6 Å². The van der Waals surface area contributed by atoms with Gasteiger partial charge in [-0.25, -0.2) is 15.8 Å². The van der Waals surface area contributed by atoms with E-state index in [1.165, 1.54) is 0 Å². The van der Waals surface area contributed by atoms with Gasteiger partial charge in [0.25, 0.3) is 0 Å². The first-order valence-electron chi connectivity index (χ1n) is 5.60. The van der Waals surface area contributed by atoms with E-state index in [4.69, 9.17) is 5.84 Å². The molecule has 0 spiro atoms.